The molecule has 7 nitrogen and oxygen atoms in total. The quantitative estimate of drug-likeness (QED) is 0.895. The number of hydrogen-bond acceptors (Lipinski definition) is 3. The molecule has 0 unspecified atom stereocenters. The van der Waals surface area contributed by atoms with Gasteiger partial charge in [0, 0.05) is 31.4 Å². The van der Waals surface area contributed by atoms with Gasteiger partial charge in [0.2, 0.25) is 5.56 Å². The van der Waals surface area contributed by atoms with Crippen LogP contribution in [-0.2, 0) is 19.8 Å². The van der Waals surface area contributed by atoms with Crippen molar-refractivity contribution in [2.45, 2.75) is 19.6 Å². The number of urea groups is 1. The summed E-state index contributed by atoms with van der Waals surface area (Å²) in [6, 6.07) is 3.88. The summed E-state index contributed by atoms with van der Waals surface area (Å²) >= 11 is 0. The third-order valence-electron chi connectivity index (χ3n) is 3.36. The van der Waals surface area contributed by atoms with Gasteiger partial charge in [-0.3, -0.25) is 14.8 Å². The van der Waals surface area contributed by atoms with E-state index in [1.807, 2.05) is 0 Å². The predicted molar refractivity (Wildman–Crippen MR) is 80.5 cm³/mol. The molecule has 2 N–H and O–H groups in total. The minimum absolute atomic E-state index is 0.0410. The number of anilines is 1. The van der Waals surface area contributed by atoms with Gasteiger partial charge in [0.1, 0.15) is 5.82 Å². The number of amides is 2. The molecule has 0 aliphatic carbocycles. The lowest BCUT2D eigenvalue weighted by atomic mass is 10.2. The van der Waals surface area contributed by atoms with Gasteiger partial charge in [0.15, 0.2) is 5.69 Å². The smallest absolute Gasteiger partial charge is 0.324 e. The van der Waals surface area contributed by atoms with Gasteiger partial charge in [-0.25, -0.2) is 4.79 Å². The lowest BCUT2D eigenvalue weighted by Crippen LogP contribution is -2.32. The van der Waals surface area contributed by atoms with E-state index in [0.29, 0.717) is 5.69 Å². The van der Waals surface area contributed by atoms with Crippen LogP contribution in [0.4, 0.5) is 23.8 Å². The maximum atomic E-state index is 12.8. The van der Waals surface area contributed by atoms with Crippen LogP contribution in [0.15, 0.2) is 23.0 Å². The Morgan fingerprint density at radius 3 is 2.62 bits per heavy atom. The molecule has 2 amide bonds. The topological polar surface area (TPSA) is 83.0 Å². The Labute approximate surface area is 135 Å². The molecule has 24 heavy (non-hydrogen) atoms. The van der Waals surface area contributed by atoms with Crippen LogP contribution in [-0.4, -0.2) is 32.7 Å². The molecule has 0 aliphatic rings. The molecule has 2 aromatic heterocycles. The Balaban J connectivity index is 2.15. The number of H-pyrrole nitrogens is 1. The van der Waals surface area contributed by atoms with Crippen molar-refractivity contribution in [3.05, 3.63) is 45.5 Å². The van der Waals surface area contributed by atoms with Crippen LogP contribution in [0.25, 0.3) is 0 Å². The third-order valence-corrected chi connectivity index (χ3v) is 3.36. The average molecular weight is 343 g/mol. The number of carbonyl (C=O) groups is 1. The lowest BCUT2D eigenvalue weighted by Gasteiger charge is -2.18. The van der Waals surface area contributed by atoms with E-state index in [4.69, 9.17) is 0 Å². The summed E-state index contributed by atoms with van der Waals surface area (Å²) in [7, 11) is 2.77. The molecule has 0 fully saturated rings. The first-order valence-corrected chi connectivity index (χ1v) is 6.90. The lowest BCUT2D eigenvalue weighted by molar-refractivity contribution is -0.141. The zero-order chi connectivity index (χ0) is 18.1. The number of pyridine rings is 1. The van der Waals surface area contributed by atoms with E-state index in [-0.39, 0.29) is 23.5 Å². The van der Waals surface area contributed by atoms with Crippen molar-refractivity contribution in [2.75, 3.05) is 12.4 Å². The molecule has 0 aliphatic heterocycles. The van der Waals surface area contributed by atoms with E-state index in [9.17, 15) is 22.8 Å². The third kappa shape index (κ3) is 3.76. The molecule has 10 heteroatoms. The van der Waals surface area contributed by atoms with Crippen LogP contribution < -0.4 is 10.9 Å². The van der Waals surface area contributed by atoms with Crippen molar-refractivity contribution in [3.8, 4) is 0 Å². The molecular weight excluding hydrogens is 327 g/mol. The molecule has 2 aromatic rings. The average Bonchev–Trinajstić information content (AvgIpc) is 2.75. The van der Waals surface area contributed by atoms with E-state index in [0.717, 1.165) is 4.68 Å². The molecule has 130 valence electrons. The van der Waals surface area contributed by atoms with Gasteiger partial charge in [0.25, 0.3) is 0 Å². The van der Waals surface area contributed by atoms with Gasteiger partial charge in [0.05, 0.1) is 6.54 Å². The number of aromatic nitrogens is 3. The van der Waals surface area contributed by atoms with E-state index in [1.54, 1.807) is 12.1 Å². The molecule has 0 bridgehead atoms. The van der Waals surface area contributed by atoms with Gasteiger partial charge < -0.3 is 9.88 Å². The normalized spacial score (nSPS) is 11.4. The number of alkyl halides is 3. The fraction of sp³-hybridized carbons (Fsp3) is 0.357. The van der Waals surface area contributed by atoms with Crippen molar-refractivity contribution in [1.29, 1.82) is 0 Å². The minimum atomic E-state index is -4.60. The molecule has 0 saturated heterocycles. The van der Waals surface area contributed by atoms with E-state index < -0.39 is 17.9 Å². The SMILES string of the molecule is Cc1c(C(F)(F)F)nn(C)c1NC(=O)N(C)Cc1cccc(=O)[nH]1. The van der Waals surface area contributed by atoms with Crippen molar-refractivity contribution in [3.63, 3.8) is 0 Å². The number of nitrogens with one attached hydrogen (secondary N) is 2. The van der Waals surface area contributed by atoms with Crippen molar-refractivity contribution in [2.24, 2.45) is 7.05 Å². The summed E-state index contributed by atoms with van der Waals surface area (Å²) in [5.41, 5.74) is -1.02. The number of aromatic amines is 1. The summed E-state index contributed by atoms with van der Waals surface area (Å²) in [6.07, 6.45) is -4.60. The number of aryl methyl sites for hydroxylation is 1. The van der Waals surface area contributed by atoms with Crippen molar-refractivity contribution < 1.29 is 18.0 Å². The van der Waals surface area contributed by atoms with Crippen LogP contribution in [0.3, 0.4) is 0 Å². The predicted octanol–water partition coefficient (Wildman–Crippen LogP) is 2.10. The maximum Gasteiger partial charge on any atom is 0.435 e. The number of rotatable bonds is 3. The van der Waals surface area contributed by atoms with Crippen molar-refractivity contribution in [1.82, 2.24) is 19.7 Å². The van der Waals surface area contributed by atoms with Gasteiger partial charge in [-0.05, 0) is 13.0 Å². The molecule has 2 heterocycles. The largest absolute Gasteiger partial charge is 0.435 e. The molecule has 2 rings (SSSR count). The molecule has 0 aromatic carbocycles. The highest BCUT2D eigenvalue weighted by Gasteiger charge is 2.37. The molecular formula is C14H16F3N5O2. The molecule has 0 spiro atoms. The number of carbonyl (C=O) groups excluding carboxylic acids is 1. The Hall–Kier alpha value is -2.78. The monoisotopic (exact) mass is 343 g/mol. The Kier molecular flexibility index (Phi) is 4.67. The Morgan fingerprint density at radius 1 is 1.42 bits per heavy atom. The fourth-order valence-electron chi connectivity index (χ4n) is 2.18. The highest BCUT2D eigenvalue weighted by Crippen LogP contribution is 2.33. The number of hydrogen-bond donors (Lipinski definition) is 2. The van der Waals surface area contributed by atoms with Gasteiger partial charge >= 0.3 is 12.2 Å². The van der Waals surface area contributed by atoms with E-state index >= 15 is 0 Å². The zero-order valence-electron chi connectivity index (χ0n) is 13.2. The second kappa shape index (κ2) is 6.38. The van der Waals surface area contributed by atoms with E-state index in [2.05, 4.69) is 15.4 Å². The summed E-state index contributed by atoms with van der Waals surface area (Å²) in [4.78, 5) is 27.2. The Morgan fingerprint density at radius 2 is 2.08 bits per heavy atom. The highest BCUT2D eigenvalue weighted by atomic mass is 19.4. The second-order valence-corrected chi connectivity index (χ2v) is 5.27. The first kappa shape index (κ1) is 17.6. The molecule has 0 atom stereocenters. The van der Waals surface area contributed by atoms with Gasteiger partial charge in [-0.1, -0.05) is 6.07 Å². The maximum absolute atomic E-state index is 12.8. The van der Waals surface area contributed by atoms with Crippen molar-refractivity contribution >= 4 is 11.8 Å². The van der Waals surface area contributed by atoms with Crippen LogP contribution >= 0.6 is 0 Å². The fourth-order valence-corrected chi connectivity index (χ4v) is 2.18. The van der Waals surface area contributed by atoms with Crippen LogP contribution in [0.5, 0.6) is 0 Å². The standard InChI is InChI=1S/C14H16F3N5O2/c1-8-11(14(15,16)17)20-22(3)12(8)19-13(24)21(2)7-9-5-4-6-10(23)18-9/h4-6H,7H2,1-3H3,(H,18,23)(H,19,24). The molecule has 0 saturated carbocycles. The summed E-state index contributed by atoms with van der Waals surface area (Å²) in [5.74, 6) is -0.0410. The summed E-state index contributed by atoms with van der Waals surface area (Å²) in [5, 5.41) is 5.80. The number of nitrogens with zero attached hydrogens (tertiary/aromatic N) is 3. The van der Waals surface area contributed by atoms with Gasteiger partial charge in [-0.2, -0.15) is 18.3 Å². The highest BCUT2D eigenvalue weighted by molar-refractivity contribution is 5.89. The second-order valence-electron chi connectivity index (χ2n) is 5.27. The zero-order valence-corrected chi connectivity index (χ0v) is 13.2. The first-order valence-electron chi connectivity index (χ1n) is 6.90. The van der Waals surface area contributed by atoms with Crippen LogP contribution in [0.1, 0.15) is 17.0 Å². The number of halogens is 3. The van der Waals surface area contributed by atoms with Crippen LogP contribution in [0, 0.1) is 6.92 Å². The summed E-state index contributed by atoms with van der Waals surface area (Å²) in [6.45, 7) is 1.32. The van der Waals surface area contributed by atoms with Crippen LogP contribution in [0.2, 0.25) is 0 Å². The summed E-state index contributed by atoms with van der Waals surface area (Å²) < 4.78 is 39.5. The Bertz CT molecular complexity index is 809. The molecule has 0 radical (unpaired) electrons. The first-order chi connectivity index (χ1) is 11.1. The van der Waals surface area contributed by atoms with Gasteiger partial charge in [-0.15, -0.1) is 0 Å². The minimum Gasteiger partial charge on any atom is -0.324 e. The van der Waals surface area contributed by atoms with E-state index in [1.165, 1.54) is 32.0 Å².